The number of imidazole rings is 1. The Hall–Kier alpha value is -1.60. The molecule has 1 N–H and O–H groups in total. The number of fused-ring (bicyclic) bond motifs is 1. The van der Waals surface area contributed by atoms with Crippen LogP contribution in [-0.4, -0.2) is 22.4 Å². The molecule has 0 saturated heterocycles. The highest BCUT2D eigenvalue weighted by Gasteiger charge is 2.22. The molecule has 4 nitrogen and oxygen atoms in total. The van der Waals surface area contributed by atoms with Gasteiger partial charge in [-0.25, -0.2) is 9.13 Å². The minimum atomic E-state index is -0.565. The summed E-state index contributed by atoms with van der Waals surface area (Å²) < 4.78 is 10.2. The maximum Gasteiger partial charge on any atom is 0.254 e. The number of ether oxygens (including phenoxy) is 1. The summed E-state index contributed by atoms with van der Waals surface area (Å²) in [6, 6.07) is 16.2. The number of halogens is 1. The first-order valence-electron chi connectivity index (χ1n) is 8.46. The van der Waals surface area contributed by atoms with Crippen molar-refractivity contribution >= 4 is 11.0 Å². The van der Waals surface area contributed by atoms with Crippen LogP contribution in [0.5, 0.6) is 5.75 Å². The number of aliphatic hydroxyl groups is 1. The summed E-state index contributed by atoms with van der Waals surface area (Å²) in [5.74, 6) is 1.97. The zero-order valence-electron chi connectivity index (χ0n) is 14.9. The van der Waals surface area contributed by atoms with Crippen molar-refractivity contribution in [3.63, 3.8) is 0 Å². The van der Waals surface area contributed by atoms with E-state index in [0.717, 1.165) is 29.2 Å². The highest BCUT2D eigenvalue weighted by molar-refractivity contribution is 5.72. The molecule has 0 aliphatic carbocycles. The molecule has 5 heteroatoms. The summed E-state index contributed by atoms with van der Waals surface area (Å²) >= 11 is 0. The average Bonchev–Trinajstić information content (AvgIpc) is 2.86. The van der Waals surface area contributed by atoms with Gasteiger partial charge in [-0.3, -0.25) is 0 Å². The van der Waals surface area contributed by atoms with E-state index in [4.69, 9.17) is 4.74 Å². The van der Waals surface area contributed by atoms with Crippen molar-refractivity contribution in [3.05, 3.63) is 59.9 Å². The number of hydrogen-bond donors (Lipinski definition) is 1. The number of benzene rings is 2. The molecule has 3 rings (SSSR count). The van der Waals surface area contributed by atoms with Crippen molar-refractivity contribution in [1.82, 2.24) is 4.57 Å². The van der Waals surface area contributed by atoms with Gasteiger partial charge in [-0.15, -0.1) is 0 Å². The Balaban J connectivity index is 0.00000225. The van der Waals surface area contributed by atoms with Gasteiger partial charge in [0, 0.05) is 6.92 Å². The quantitative estimate of drug-likeness (QED) is 0.423. The predicted octanol–water partition coefficient (Wildman–Crippen LogP) is 0.00944. The Bertz CT molecular complexity index is 845. The lowest BCUT2D eigenvalue weighted by Gasteiger charge is -2.13. The number of aliphatic hydroxyl groups excluding tert-OH is 1. The summed E-state index contributed by atoms with van der Waals surface area (Å²) in [6.45, 7) is 7.96. The molecule has 1 atom stereocenters. The molecule has 0 aliphatic rings. The van der Waals surface area contributed by atoms with Crippen LogP contribution in [0, 0.1) is 13.8 Å². The Morgan fingerprint density at radius 3 is 2.48 bits per heavy atom. The largest absolute Gasteiger partial charge is 1.00 e. The van der Waals surface area contributed by atoms with Crippen LogP contribution in [0.1, 0.15) is 18.3 Å². The summed E-state index contributed by atoms with van der Waals surface area (Å²) in [5, 5.41) is 10.5. The third kappa shape index (κ3) is 4.15. The van der Waals surface area contributed by atoms with E-state index in [-0.39, 0.29) is 30.6 Å². The van der Waals surface area contributed by atoms with E-state index >= 15 is 0 Å². The van der Waals surface area contributed by atoms with Crippen LogP contribution >= 0.6 is 0 Å². The molecule has 0 fully saturated rings. The second-order valence-corrected chi connectivity index (χ2v) is 6.12. The van der Waals surface area contributed by atoms with Gasteiger partial charge in [0.15, 0.2) is 11.0 Å². The summed E-state index contributed by atoms with van der Waals surface area (Å²) in [7, 11) is 0. The molecule has 0 spiro atoms. The van der Waals surface area contributed by atoms with Gasteiger partial charge in [0.05, 0.1) is 6.54 Å². The highest BCUT2D eigenvalue weighted by atomic mass is 127. The van der Waals surface area contributed by atoms with E-state index in [1.165, 1.54) is 5.52 Å². The fraction of sp³-hybridized carbons (Fsp3) is 0.350. The fourth-order valence-electron chi connectivity index (χ4n) is 3.21. The Morgan fingerprint density at radius 1 is 1.08 bits per heavy atom. The number of para-hydroxylation sites is 3. The van der Waals surface area contributed by atoms with Crippen LogP contribution < -0.4 is 33.3 Å². The van der Waals surface area contributed by atoms with E-state index in [0.29, 0.717) is 6.54 Å². The highest BCUT2D eigenvalue weighted by Crippen LogP contribution is 2.17. The zero-order chi connectivity index (χ0) is 17.1. The molecule has 1 heterocycles. The molecule has 0 amide bonds. The van der Waals surface area contributed by atoms with Gasteiger partial charge in [-0.1, -0.05) is 30.3 Å². The lowest BCUT2D eigenvalue weighted by atomic mass is 10.2. The average molecular weight is 452 g/mol. The van der Waals surface area contributed by atoms with Crippen molar-refractivity contribution in [2.75, 3.05) is 6.61 Å². The molecule has 134 valence electrons. The second kappa shape index (κ2) is 8.67. The minimum Gasteiger partial charge on any atom is -1.00 e. The second-order valence-electron chi connectivity index (χ2n) is 6.12. The van der Waals surface area contributed by atoms with Crippen LogP contribution in [0.15, 0.2) is 48.5 Å². The monoisotopic (exact) mass is 452 g/mol. The normalized spacial score (nSPS) is 12.0. The van der Waals surface area contributed by atoms with Gasteiger partial charge in [-0.05, 0) is 37.6 Å². The maximum absolute atomic E-state index is 10.5. The topological polar surface area (TPSA) is 38.3 Å². The molecule has 3 aromatic rings. The first-order valence-corrected chi connectivity index (χ1v) is 8.46. The van der Waals surface area contributed by atoms with Crippen molar-refractivity contribution < 1.29 is 38.4 Å². The minimum absolute atomic E-state index is 0. The van der Waals surface area contributed by atoms with Crippen LogP contribution in [0.2, 0.25) is 0 Å². The number of hydrogen-bond acceptors (Lipinski definition) is 2. The molecule has 25 heavy (non-hydrogen) atoms. The summed E-state index contributed by atoms with van der Waals surface area (Å²) in [6.07, 6.45) is -0.565. The molecule has 0 radical (unpaired) electrons. The molecular formula is C20H25IN2O2. The van der Waals surface area contributed by atoms with Crippen LogP contribution in [0.3, 0.4) is 0 Å². The standard InChI is InChI=1S/C20H25N2O2.HI/c1-4-21-16(3)22(19-11-7-6-10-18(19)21)13-17(23)14-24-20-12-8-5-9-15(20)2;/h5-12,17,23H,4,13-14H2,1-3H3;1H/q+1;/p-1. The number of aromatic nitrogens is 2. The van der Waals surface area contributed by atoms with Gasteiger partial charge in [0.25, 0.3) is 5.82 Å². The van der Waals surface area contributed by atoms with Gasteiger partial charge < -0.3 is 33.8 Å². The van der Waals surface area contributed by atoms with E-state index in [1.54, 1.807) is 0 Å². The summed E-state index contributed by atoms with van der Waals surface area (Å²) in [5.41, 5.74) is 3.42. The molecule has 0 bridgehead atoms. The third-order valence-corrected chi connectivity index (χ3v) is 4.48. The lowest BCUT2D eigenvalue weighted by Crippen LogP contribution is -3.00. The zero-order valence-corrected chi connectivity index (χ0v) is 17.1. The van der Waals surface area contributed by atoms with Gasteiger partial charge in [0.2, 0.25) is 0 Å². The van der Waals surface area contributed by atoms with E-state index < -0.39 is 6.10 Å². The SMILES string of the molecule is CCn1c(C)[n+](CC(O)COc2ccccc2C)c2ccccc21.[I-]. The van der Waals surface area contributed by atoms with Crippen LogP contribution in [-0.2, 0) is 13.1 Å². The molecule has 0 saturated carbocycles. The van der Waals surface area contributed by atoms with E-state index in [2.05, 4.69) is 41.2 Å². The molecule has 1 aromatic heterocycles. The van der Waals surface area contributed by atoms with Crippen molar-refractivity contribution in [2.45, 2.75) is 40.0 Å². The Morgan fingerprint density at radius 2 is 1.76 bits per heavy atom. The van der Waals surface area contributed by atoms with Crippen LogP contribution in [0.25, 0.3) is 11.0 Å². The first kappa shape index (κ1) is 19.7. The van der Waals surface area contributed by atoms with E-state index in [9.17, 15) is 5.11 Å². The lowest BCUT2D eigenvalue weighted by molar-refractivity contribution is -0.685. The van der Waals surface area contributed by atoms with Crippen molar-refractivity contribution in [1.29, 1.82) is 0 Å². The molecule has 2 aromatic carbocycles. The van der Waals surface area contributed by atoms with Crippen molar-refractivity contribution in [2.24, 2.45) is 0 Å². The Kier molecular flexibility index (Phi) is 6.84. The fourth-order valence-corrected chi connectivity index (χ4v) is 3.21. The summed E-state index contributed by atoms with van der Waals surface area (Å²) in [4.78, 5) is 0. The number of nitrogens with zero attached hydrogens (tertiary/aromatic N) is 2. The van der Waals surface area contributed by atoms with Gasteiger partial charge in [0.1, 0.15) is 25.0 Å². The van der Waals surface area contributed by atoms with Crippen molar-refractivity contribution in [3.8, 4) is 5.75 Å². The van der Waals surface area contributed by atoms with Gasteiger partial charge >= 0.3 is 0 Å². The van der Waals surface area contributed by atoms with Crippen LogP contribution in [0.4, 0.5) is 0 Å². The number of aryl methyl sites for hydroxylation is 2. The maximum atomic E-state index is 10.5. The molecule has 0 aliphatic heterocycles. The third-order valence-electron chi connectivity index (χ3n) is 4.48. The van der Waals surface area contributed by atoms with E-state index in [1.807, 2.05) is 37.3 Å². The van der Waals surface area contributed by atoms with Gasteiger partial charge in [-0.2, -0.15) is 0 Å². The Labute approximate surface area is 166 Å². The first-order chi connectivity index (χ1) is 11.6. The predicted molar refractivity (Wildman–Crippen MR) is 95.2 cm³/mol. The molecular weight excluding hydrogens is 427 g/mol. The molecule has 1 unspecified atom stereocenters. The number of rotatable bonds is 6. The smallest absolute Gasteiger partial charge is 0.254 e.